The first-order valence-corrected chi connectivity index (χ1v) is 11.4. The van der Waals surface area contributed by atoms with Gasteiger partial charge in [-0.1, -0.05) is 35.6 Å². The standard InChI is InChI=1S/C25H23FN2O5S/c1-5-33-24(30)21-14(2)27-25-28(22(21)16-8-6-7-9-17(16)26)23(29)20(34-25)13-15-10-11-18(31-3)19(12-15)32-4/h6-13,22H,5H2,1-4H3/b20-13+/t22-/m0/s1. The molecule has 0 radical (unpaired) electrons. The van der Waals surface area contributed by atoms with Crippen LogP contribution in [-0.4, -0.2) is 31.4 Å². The fraction of sp³-hybridized carbons (Fsp3) is 0.240. The van der Waals surface area contributed by atoms with Gasteiger partial charge < -0.3 is 14.2 Å². The molecule has 0 amide bonds. The number of esters is 1. The lowest BCUT2D eigenvalue weighted by molar-refractivity contribution is -0.139. The van der Waals surface area contributed by atoms with Gasteiger partial charge in [-0.25, -0.2) is 14.2 Å². The average molecular weight is 483 g/mol. The maximum absolute atomic E-state index is 14.9. The Morgan fingerprint density at radius 1 is 1.18 bits per heavy atom. The third-order valence-electron chi connectivity index (χ3n) is 5.42. The van der Waals surface area contributed by atoms with Gasteiger partial charge in [-0.2, -0.15) is 0 Å². The Morgan fingerprint density at radius 3 is 2.59 bits per heavy atom. The Labute approximate surface area is 199 Å². The van der Waals surface area contributed by atoms with Crippen LogP contribution in [0.3, 0.4) is 0 Å². The van der Waals surface area contributed by atoms with Gasteiger partial charge in [-0.05, 0) is 43.7 Å². The summed E-state index contributed by atoms with van der Waals surface area (Å²) in [5.74, 6) is -0.0753. The summed E-state index contributed by atoms with van der Waals surface area (Å²) in [7, 11) is 3.07. The summed E-state index contributed by atoms with van der Waals surface area (Å²) in [6.45, 7) is 3.49. The smallest absolute Gasteiger partial charge is 0.338 e. The monoisotopic (exact) mass is 482 g/mol. The highest BCUT2D eigenvalue weighted by Gasteiger charge is 2.34. The molecule has 1 atom stereocenters. The fourth-order valence-electron chi connectivity index (χ4n) is 3.88. The molecule has 0 aliphatic carbocycles. The molecule has 2 heterocycles. The minimum atomic E-state index is -0.996. The third-order valence-corrected chi connectivity index (χ3v) is 6.41. The Balaban J connectivity index is 1.95. The van der Waals surface area contributed by atoms with Crippen molar-refractivity contribution in [1.29, 1.82) is 0 Å². The van der Waals surface area contributed by atoms with Gasteiger partial charge in [0.1, 0.15) is 11.9 Å². The molecule has 1 aliphatic rings. The molecule has 34 heavy (non-hydrogen) atoms. The van der Waals surface area contributed by atoms with Crippen LogP contribution in [0.15, 0.2) is 63.5 Å². The van der Waals surface area contributed by atoms with Crippen LogP contribution in [0.25, 0.3) is 6.08 Å². The molecule has 176 valence electrons. The zero-order valence-electron chi connectivity index (χ0n) is 19.1. The zero-order valence-corrected chi connectivity index (χ0v) is 19.9. The van der Waals surface area contributed by atoms with Crippen LogP contribution in [0, 0.1) is 5.82 Å². The van der Waals surface area contributed by atoms with Gasteiger partial charge >= 0.3 is 5.97 Å². The summed E-state index contributed by atoms with van der Waals surface area (Å²) in [6, 6.07) is 10.4. The van der Waals surface area contributed by atoms with E-state index in [1.54, 1.807) is 63.4 Å². The molecule has 0 fully saturated rings. The number of methoxy groups -OCH3 is 2. The molecule has 4 rings (SSSR count). The van der Waals surface area contributed by atoms with Crippen LogP contribution >= 0.6 is 11.3 Å². The Kier molecular flexibility index (Phi) is 6.65. The van der Waals surface area contributed by atoms with Gasteiger partial charge in [-0.15, -0.1) is 0 Å². The molecule has 0 N–H and O–H groups in total. The molecule has 0 bridgehead atoms. The second kappa shape index (κ2) is 9.64. The lowest BCUT2D eigenvalue weighted by Gasteiger charge is -2.24. The summed E-state index contributed by atoms with van der Waals surface area (Å²) >= 11 is 1.16. The number of nitrogens with zero attached hydrogens (tertiary/aromatic N) is 2. The summed E-state index contributed by atoms with van der Waals surface area (Å²) in [6.07, 6.45) is 1.70. The number of halogens is 1. The topological polar surface area (TPSA) is 79.1 Å². The second-order valence-corrected chi connectivity index (χ2v) is 8.45. The van der Waals surface area contributed by atoms with E-state index in [1.165, 1.54) is 17.7 Å². The number of thiazole rings is 1. The molecule has 0 spiro atoms. The van der Waals surface area contributed by atoms with Gasteiger partial charge in [0.15, 0.2) is 16.3 Å². The number of fused-ring (bicyclic) bond motifs is 1. The van der Waals surface area contributed by atoms with Gasteiger partial charge in [0, 0.05) is 5.56 Å². The van der Waals surface area contributed by atoms with E-state index in [0.29, 0.717) is 32.1 Å². The molecule has 0 saturated carbocycles. The van der Waals surface area contributed by atoms with Crippen molar-refractivity contribution in [3.63, 3.8) is 0 Å². The number of hydrogen-bond acceptors (Lipinski definition) is 7. The predicted molar refractivity (Wildman–Crippen MR) is 126 cm³/mol. The molecule has 9 heteroatoms. The fourth-order valence-corrected chi connectivity index (χ4v) is 4.92. The lowest BCUT2D eigenvalue weighted by atomic mass is 9.95. The molecular formula is C25H23FN2O5S. The van der Waals surface area contributed by atoms with E-state index >= 15 is 0 Å². The van der Waals surface area contributed by atoms with Gasteiger partial charge in [0.05, 0.1) is 36.6 Å². The maximum atomic E-state index is 14.9. The number of carbonyl (C=O) groups excluding carboxylic acids is 1. The van der Waals surface area contributed by atoms with Crippen LogP contribution in [0.4, 0.5) is 4.39 Å². The summed E-state index contributed by atoms with van der Waals surface area (Å²) in [4.78, 5) is 31.3. The average Bonchev–Trinajstić information content (AvgIpc) is 3.13. The molecule has 2 aromatic carbocycles. The number of benzene rings is 2. The van der Waals surface area contributed by atoms with E-state index < -0.39 is 17.8 Å². The van der Waals surface area contributed by atoms with Gasteiger partial charge in [0.2, 0.25) is 0 Å². The lowest BCUT2D eigenvalue weighted by Crippen LogP contribution is -2.40. The normalized spacial score (nSPS) is 15.6. The first-order valence-electron chi connectivity index (χ1n) is 10.6. The number of allylic oxidation sites excluding steroid dienone is 1. The molecule has 0 saturated heterocycles. The van der Waals surface area contributed by atoms with Crippen LogP contribution in [0.2, 0.25) is 0 Å². The first-order chi connectivity index (χ1) is 16.4. The second-order valence-electron chi connectivity index (χ2n) is 7.44. The van der Waals surface area contributed by atoms with Crippen molar-refractivity contribution in [1.82, 2.24) is 4.57 Å². The first kappa shape index (κ1) is 23.4. The van der Waals surface area contributed by atoms with Crippen molar-refractivity contribution >= 4 is 23.4 Å². The summed E-state index contributed by atoms with van der Waals surface area (Å²) in [5.41, 5.74) is 1.04. The van der Waals surface area contributed by atoms with Crippen molar-refractivity contribution in [2.75, 3.05) is 20.8 Å². The van der Waals surface area contributed by atoms with E-state index in [2.05, 4.69) is 4.99 Å². The molecule has 1 aromatic heterocycles. The van der Waals surface area contributed by atoms with E-state index in [-0.39, 0.29) is 23.3 Å². The van der Waals surface area contributed by atoms with Crippen LogP contribution in [0.5, 0.6) is 11.5 Å². The number of ether oxygens (including phenoxy) is 3. The molecule has 7 nitrogen and oxygen atoms in total. The van der Waals surface area contributed by atoms with Crippen LogP contribution < -0.4 is 24.4 Å². The number of carbonyl (C=O) groups is 1. The SMILES string of the molecule is CCOC(=O)C1=C(C)N=c2s/c(=C/c3ccc(OC)c(OC)c3)c(=O)n2[C@H]1c1ccccc1F. The van der Waals surface area contributed by atoms with Gasteiger partial charge in [0.25, 0.3) is 5.56 Å². The quantitative estimate of drug-likeness (QED) is 0.505. The highest BCUT2D eigenvalue weighted by molar-refractivity contribution is 7.07. The zero-order chi connectivity index (χ0) is 24.4. The van der Waals surface area contributed by atoms with Crippen molar-refractivity contribution < 1.29 is 23.4 Å². The number of hydrogen-bond donors (Lipinski definition) is 0. The Hall–Kier alpha value is -3.72. The van der Waals surface area contributed by atoms with Crippen molar-refractivity contribution in [2.45, 2.75) is 19.9 Å². The Morgan fingerprint density at radius 2 is 1.91 bits per heavy atom. The molecule has 1 aliphatic heterocycles. The summed E-state index contributed by atoms with van der Waals surface area (Å²) in [5, 5.41) is 0. The van der Waals surface area contributed by atoms with Gasteiger partial charge in [-0.3, -0.25) is 9.36 Å². The van der Waals surface area contributed by atoms with Crippen LogP contribution in [-0.2, 0) is 9.53 Å². The number of rotatable bonds is 6. The largest absolute Gasteiger partial charge is 0.493 e. The van der Waals surface area contributed by atoms with Crippen molar-refractivity contribution in [3.8, 4) is 11.5 Å². The predicted octanol–water partition coefficient (Wildman–Crippen LogP) is 2.95. The van der Waals surface area contributed by atoms with E-state index in [1.807, 2.05) is 0 Å². The van der Waals surface area contributed by atoms with Crippen molar-refractivity contribution in [2.24, 2.45) is 4.99 Å². The number of aromatic nitrogens is 1. The van der Waals surface area contributed by atoms with E-state index in [9.17, 15) is 14.0 Å². The molecule has 0 unspecified atom stereocenters. The minimum Gasteiger partial charge on any atom is -0.493 e. The van der Waals surface area contributed by atoms with E-state index in [0.717, 1.165) is 11.3 Å². The molecular weight excluding hydrogens is 459 g/mol. The Bertz CT molecular complexity index is 1470. The minimum absolute atomic E-state index is 0.136. The maximum Gasteiger partial charge on any atom is 0.338 e. The summed E-state index contributed by atoms with van der Waals surface area (Å²) < 4.78 is 32.5. The highest BCUT2D eigenvalue weighted by Crippen LogP contribution is 2.32. The van der Waals surface area contributed by atoms with E-state index in [4.69, 9.17) is 14.2 Å². The highest BCUT2D eigenvalue weighted by atomic mass is 32.1. The molecule has 3 aromatic rings. The van der Waals surface area contributed by atoms with Crippen LogP contribution in [0.1, 0.15) is 31.0 Å². The third kappa shape index (κ3) is 4.14. The van der Waals surface area contributed by atoms with Crippen molar-refractivity contribution in [3.05, 3.63) is 90.4 Å².